The van der Waals surface area contributed by atoms with Crippen molar-refractivity contribution in [1.29, 1.82) is 0 Å². The van der Waals surface area contributed by atoms with E-state index in [0.717, 1.165) is 58.5 Å². The maximum absolute atomic E-state index is 12.2. The summed E-state index contributed by atoms with van der Waals surface area (Å²) in [5, 5.41) is 3.38. The van der Waals surface area contributed by atoms with Crippen molar-refractivity contribution in [3.05, 3.63) is 0 Å². The number of nitrogens with zero attached hydrogens (tertiary/aromatic N) is 2. The number of likely N-dealkylation sites (tertiary alicyclic amines) is 1. The van der Waals surface area contributed by atoms with Crippen molar-refractivity contribution >= 4 is 18.3 Å². The van der Waals surface area contributed by atoms with Crippen LogP contribution in [0.25, 0.3) is 0 Å². The van der Waals surface area contributed by atoms with Gasteiger partial charge in [0.25, 0.3) is 0 Å². The molecule has 2 aliphatic heterocycles. The second-order valence-electron chi connectivity index (χ2n) is 6.29. The largest absolute Gasteiger partial charge is 0.368 e. The maximum atomic E-state index is 12.2. The number of hydrogen-bond acceptors (Lipinski definition) is 4. The molecule has 3 aliphatic rings. The van der Waals surface area contributed by atoms with E-state index >= 15 is 0 Å². The summed E-state index contributed by atoms with van der Waals surface area (Å²) < 4.78 is 5.74. The summed E-state index contributed by atoms with van der Waals surface area (Å²) >= 11 is 0. The van der Waals surface area contributed by atoms with Crippen molar-refractivity contribution in [2.75, 3.05) is 45.9 Å². The van der Waals surface area contributed by atoms with E-state index in [2.05, 4.69) is 10.2 Å². The highest BCUT2D eigenvalue weighted by Gasteiger charge is 2.31. The highest BCUT2D eigenvalue weighted by molar-refractivity contribution is 5.85. The van der Waals surface area contributed by atoms with Gasteiger partial charge in [-0.25, -0.2) is 0 Å². The molecule has 2 heterocycles. The fourth-order valence-electron chi connectivity index (χ4n) is 3.65. The zero-order valence-corrected chi connectivity index (χ0v) is 13.6. The Morgan fingerprint density at radius 1 is 1.10 bits per heavy atom. The summed E-state index contributed by atoms with van der Waals surface area (Å²) in [6.07, 6.45) is 6.25. The van der Waals surface area contributed by atoms with E-state index in [1.807, 2.05) is 4.90 Å². The van der Waals surface area contributed by atoms with Crippen LogP contribution in [0.3, 0.4) is 0 Å². The number of amides is 1. The number of ether oxygens (including phenoxy) is 1. The number of carbonyl (C=O) groups excluding carboxylic acids is 1. The van der Waals surface area contributed by atoms with Gasteiger partial charge in [0, 0.05) is 45.3 Å². The van der Waals surface area contributed by atoms with Crippen LogP contribution in [0, 0.1) is 0 Å². The first kappa shape index (κ1) is 17.0. The summed E-state index contributed by atoms with van der Waals surface area (Å²) in [4.78, 5) is 16.7. The molecule has 1 atom stereocenters. The van der Waals surface area contributed by atoms with Crippen LogP contribution < -0.4 is 5.32 Å². The highest BCUT2D eigenvalue weighted by Crippen LogP contribution is 2.21. The molecule has 0 spiro atoms. The molecule has 21 heavy (non-hydrogen) atoms. The normalized spacial score (nSPS) is 27.8. The Hall–Kier alpha value is -0.360. The molecule has 1 aliphatic carbocycles. The van der Waals surface area contributed by atoms with Gasteiger partial charge in [0.1, 0.15) is 6.61 Å². The SMILES string of the molecule is Cl.O=C(COC1CCCC1)N1CCC(N2CCNCC2)C1. The standard InChI is InChI=1S/C15H27N3O2.ClH/c19-15(12-20-14-3-1-2-4-14)18-8-5-13(11-18)17-9-6-16-7-10-17;/h13-14,16H,1-12H2;1H. The molecule has 0 aromatic rings. The second kappa shape index (κ2) is 8.32. The van der Waals surface area contributed by atoms with Crippen LogP contribution in [0.1, 0.15) is 32.1 Å². The minimum Gasteiger partial charge on any atom is -0.368 e. The molecule has 3 rings (SSSR count). The molecule has 122 valence electrons. The Balaban J connectivity index is 0.00000161. The van der Waals surface area contributed by atoms with Gasteiger partial charge in [-0.3, -0.25) is 9.69 Å². The Morgan fingerprint density at radius 2 is 1.81 bits per heavy atom. The summed E-state index contributed by atoms with van der Waals surface area (Å²) in [5.41, 5.74) is 0. The van der Waals surface area contributed by atoms with E-state index in [9.17, 15) is 4.79 Å². The lowest BCUT2D eigenvalue weighted by Crippen LogP contribution is -2.49. The minimum absolute atomic E-state index is 0. The van der Waals surface area contributed by atoms with E-state index in [4.69, 9.17) is 4.74 Å². The smallest absolute Gasteiger partial charge is 0.248 e. The third kappa shape index (κ3) is 4.55. The van der Waals surface area contributed by atoms with Crippen LogP contribution in [0.5, 0.6) is 0 Å². The van der Waals surface area contributed by atoms with Gasteiger partial charge in [-0.2, -0.15) is 0 Å². The number of piperazine rings is 1. The molecule has 2 saturated heterocycles. The monoisotopic (exact) mass is 317 g/mol. The molecule has 3 fully saturated rings. The van der Waals surface area contributed by atoms with Gasteiger partial charge in [0.05, 0.1) is 6.10 Å². The quantitative estimate of drug-likeness (QED) is 0.836. The zero-order valence-electron chi connectivity index (χ0n) is 12.8. The number of halogens is 1. The molecular weight excluding hydrogens is 290 g/mol. The first-order valence-corrected chi connectivity index (χ1v) is 8.17. The number of nitrogens with one attached hydrogen (secondary N) is 1. The molecule has 1 unspecified atom stereocenters. The zero-order chi connectivity index (χ0) is 13.8. The van der Waals surface area contributed by atoms with E-state index in [1.165, 1.54) is 12.8 Å². The van der Waals surface area contributed by atoms with Crippen molar-refractivity contribution < 1.29 is 9.53 Å². The second-order valence-corrected chi connectivity index (χ2v) is 6.29. The van der Waals surface area contributed by atoms with E-state index in [-0.39, 0.29) is 18.3 Å². The predicted molar refractivity (Wildman–Crippen MR) is 84.9 cm³/mol. The predicted octanol–water partition coefficient (Wildman–Crippen LogP) is 0.874. The molecule has 1 N–H and O–H groups in total. The maximum Gasteiger partial charge on any atom is 0.248 e. The average Bonchev–Trinajstić information content (AvgIpc) is 3.17. The summed E-state index contributed by atoms with van der Waals surface area (Å²) in [6.45, 7) is 6.48. The van der Waals surface area contributed by atoms with E-state index in [0.29, 0.717) is 18.8 Å². The van der Waals surface area contributed by atoms with Gasteiger partial charge in [-0.1, -0.05) is 12.8 Å². The van der Waals surface area contributed by atoms with Crippen LogP contribution in [0.2, 0.25) is 0 Å². The molecule has 1 amide bonds. The van der Waals surface area contributed by atoms with Crippen LogP contribution in [0.15, 0.2) is 0 Å². The third-order valence-electron chi connectivity index (χ3n) is 4.93. The lowest BCUT2D eigenvalue weighted by molar-refractivity contribution is -0.137. The molecule has 0 aromatic carbocycles. The summed E-state index contributed by atoms with van der Waals surface area (Å²) in [7, 11) is 0. The molecule has 0 bridgehead atoms. The molecular formula is C15H28ClN3O2. The van der Waals surface area contributed by atoms with Crippen molar-refractivity contribution in [2.45, 2.75) is 44.2 Å². The van der Waals surface area contributed by atoms with E-state index in [1.54, 1.807) is 0 Å². The summed E-state index contributed by atoms with van der Waals surface area (Å²) in [6, 6.07) is 0.563. The summed E-state index contributed by atoms with van der Waals surface area (Å²) in [5.74, 6) is 0.189. The van der Waals surface area contributed by atoms with Gasteiger partial charge in [0.2, 0.25) is 5.91 Å². The lowest BCUT2D eigenvalue weighted by atomic mass is 10.2. The van der Waals surface area contributed by atoms with Crippen LogP contribution in [0.4, 0.5) is 0 Å². The van der Waals surface area contributed by atoms with Gasteiger partial charge in [-0.05, 0) is 19.3 Å². The average molecular weight is 318 g/mol. The van der Waals surface area contributed by atoms with Crippen molar-refractivity contribution in [3.63, 3.8) is 0 Å². The van der Waals surface area contributed by atoms with E-state index < -0.39 is 0 Å². The number of hydrogen-bond donors (Lipinski definition) is 1. The van der Waals surface area contributed by atoms with Crippen LogP contribution >= 0.6 is 12.4 Å². The Labute approximate surface area is 133 Å². The number of carbonyl (C=O) groups is 1. The van der Waals surface area contributed by atoms with Gasteiger partial charge in [-0.15, -0.1) is 12.4 Å². The Morgan fingerprint density at radius 3 is 2.52 bits per heavy atom. The van der Waals surface area contributed by atoms with Gasteiger partial charge >= 0.3 is 0 Å². The van der Waals surface area contributed by atoms with Gasteiger partial charge < -0.3 is 15.0 Å². The Bertz CT molecular complexity index is 331. The minimum atomic E-state index is 0. The van der Waals surface area contributed by atoms with Crippen LogP contribution in [-0.4, -0.2) is 73.7 Å². The fraction of sp³-hybridized carbons (Fsp3) is 0.933. The molecule has 0 aromatic heterocycles. The highest BCUT2D eigenvalue weighted by atomic mass is 35.5. The first-order valence-electron chi connectivity index (χ1n) is 8.17. The molecule has 6 heteroatoms. The Kier molecular flexibility index (Phi) is 6.74. The van der Waals surface area contributed by atoms with Crippen molar-refractivity contribution in [1.82, 2.24) is 15.1 Å². The molecule has 1 saturated carbocycles. The fourth-order valence-corrected chi connectivity index (χ4v) is 3.65. The lowest BCUT2D eigenvalue weighted by Gasteiger charge is -2.32. The third-order valence-corrected chi connectivity index (χ3v) is 4.93. The van der Waals surface area contributed by atoms with Gasteiger partial charge in [0.15, 0.2) is 0 Å². The molecule has 0 radical (unpaired) electrons. The first-order chi connectivity index (χ1) is 9.83. The topological polar surface area (TPSA) is 44.8 Å². The van der Waals surface area contributed by atoms with Crippen molar-refractivity contribution in [3.8, 4) is 0 Å². The molecule has 5 nitrogen and oxygen atoms in total. The van der Waals surface area contributed by atoms with Crippen LogP contribution in [-0.2, 0) is 9.53 Å². The number of rotatable bonds is 4. The van der Waals surface area contributed by atoms with Crippen molar-refractivity contribution in [2.24, 2.45) is 0 Å².